The molecule has 2 N–H and O–H groups in total. The Balaban J connectivity index is 1.76. The molecule has 0 amide bonds. The van der Waals surface area contributed by atoms with Gasteiger partial charge in [-0.05, 0) is 20.3 Å². The van der Waals surface area contributed by atoms with Crippen molar-refractivity contribution in [2.24, 2.45) is 0 Å². The summed E-state index contributed by atoms with van der Waals surface area (Å²) in [6, 6.07) is 0.397. The molecular formula is C12H15N3OS. The summed E-state index contributed by atoms with van der Waals surface area (Å²) in [6.45, 7) is 4.91. The molecule has 0 aliphatic carbocycles. The average molecular weight is 249 g/mol. The average Bonchev–Trinajstić information content (AvgIpc) is 2.90. The van der Waals surface area contributed by atoms with E-state index in [0.29, 0.717) is 6.04 Å². The number of fused-ring (bicyclic) bond motifs is 1. The first kappa shape index (κ1) is 10.7. The topological polar surface area (TPSA) is 50.1 Å². The highest BCUT2D eigenvalue weighted by Gasteiger charge is 2.20. The van der Waals surface area contributed by atoms with Crippen LogP contribution in [0.4, 0.5) is 11.4 Å². The third kappa shape index (κ3) is 1.91. The van der Waals surface area contributed by atoms with Gasteiger partial charge in [0.05, 0.1) is 17.1 Å². The van der Waals surface area contributed by atoms with Gasteiger partial charge in [-0.15, -0.1) is 11.3 Å². The van der Waals surface area contributed by atoms with Crippen molar-refractivity contribution in [1.29, 1.82) is 0 Å². The molecule has 1 aliphatic heterocycles. The number of rotatable bonds is 2. The van der Waals surface area contributed by atoms with E-state index in [1.165, 1.54) is 16.9 Å². The van der Waals surface area contributed by atoms with Crippen LogP contribution in [0.25, 0.3) is 0 Å². The lowest BCUT2D eigenvalue weighted by Crippen LogP contribution is -2.34. The molecule has 3 rings (SSSR count). The van der Waals surface area contributed by atoms with Crippen molar-refractivity contribution in [1.82, 2.24) is 5.16 Å². The molecule has 1 aliphatic rings. The number of hydrogen-bond acceptors (Lipinski definition) is 5. The maximum Gasteiger partial charge on any atom is 0.137 e. The van der Waals surface area contributed by atoms with Gasteiger partial charge in [0.2, 0.25) is 0 Å². The van der Waals surface area contributed by atoms with Crippen LogP contribution in [0, 0.1) is 13.8 Å². The van der Waals surface area contributed by atoms with Gasteiger partial charge < -0.3 is 15.2 Å². The predicted octanol–water partition coefficient (Wildman–Crippen LogP) is 2.80. The maximum absolute atomic E-state index is 5.20. The molecule has 3 heterocycles. The van der Waals surface area contributed by atoms with Crippen molar-refractivity contribution in [2.45, 2.75) is 26.3 Å². The Morgan fingerprint density at radius 3 is 3.00 bits per heavy atom. The summed E-state index contributed by atoms with van der Waals surface area (Å²) in [6.07, 6.45) is 0.948. The highest BCUT2D eigenvalue weighted by Crippen LogP contribution is 2.31. The molecule has 0 saturated carbocycles. The van der Waals surface area contributed by atoms with E-state index in [4.69, 9.17) is 4.52 Å². The second-order valence-electron chi connectivity index (χ2n) is 4.43. The van der Waals surface area contributed by atoms with Crippen LogP contribution in [-0.2, 0) is 6.42 Å². The van der Waals surface area contributed by atoms with E-state index in [-0.39, 0.29) is 0 Å². The van der Waals surface area contributed by atoms with Gasteiger partial charge in [0.25, 0.3) is 0 Å². The zero-order valence-electron chi connectivity index (χ0n) is 9.91. The molecule has 90 valence electrons. The van der Waals surface area contributed by atoms with Crippen molar-refractivity contribution in [3.8, 4) is 0 Å². The molecule has 0 bridgehead atoms. The van der Waals surface area contributed by atoms with Crippen LogP contribution in [0.3, 0.4) is 0 Å². The largest absolute Gasteiger partial charge is 0.381 e. The fourth-order valence-electron chi connectivity index (χ4n) is 2.21. The van der Waals surface area contributed by atoms with E-state index in [1.807, 2.05) is 13.8 Å². The molecule has 1 atom stereocenters. The molecule has 1 unspecified atom stereocenters. The summed E-state index contributed by atoms with van der Waals surface area (Å²) in [5.41, 5.74) is 4.64. The molecule has 2 aromatic heterocycles. The number of nitrogens with zero attached hydrogens (tertiary/aromatic N) is 1. The Labute approximate surface area is 104 Å². The molecule has 5 heteroatoms. The minimum atomic E-state index is 0.397. The molecule has 0 fully saturated rings. The minimum absolute atomic E-state index is 0.397. The van der Waals surface area contributed by atoms with E-state index in [2.05, 4.69) is 26.6 Å². The van der Waals surface area contributed by atoms with E-state index >= 15 is 0 Å². The van der Waals surface area contributed by atoms with Crippen molar-refractivity contribution in [2.75, 3.05) is 17.2 Å². The molecule has 17 heavy (non-hydrogen) atoms. The van der Waals surface area contributed by atoms with Crippen LogP contribution in [-0.4, -0.2) is 17.7 Å². The Morgan fingerprint density at radius 1 is 1.41 bits per heavy atom. The van der Waals surface area contributed by atoms with E-state index < -0.39 is 0 Å². The van der Waals surface area contributed by atoms with Crippen molar-refractivity contribution in [3.63, 3.8) is 0 Å². The van der Waals surface area contributed by atoms with Gasteiger partial charge in [-0.3, -0.25) is 0 Å². The lowest BCUT2D eigenvalue weighted by molar-refractivity contribution is 0.392. The molecule has 0 saturated heterocycles. The molecule has 0 aromatic carbocycles. The predicted molar refractivity (Wildman–Crippen MR) is 69.9 cm³/mol. The third-order valence-corrected chi connectivity index (χ3v) is 3.94. The number of anilines is 2. The normalized spacial score (nSPS) is 18.4. The maximum atomic E-state index is 5.20. The van der Waals surface area contributed by atoms with Gasteiger partial charge in [0.1, 0.15) is 5.76 Å². The van der Waals surface area contributed by atoms with Gasteiger partial charge in [-0.25, -0.2) is 0 Å². The van der Waals surface area contributed by atoms with Crippen molar-refractivity contribution in [3.05, 3.63) is 27.8 Å². The van der Waals surface area contributed by atoms with Gasteiger partial charge in [-0.2, -0.15) is 0 Å². The number of aryl methyl sites for hydroxylation is 2. The Morgan fingerprint density at radius 2 is 2.24 bits per heavy atom. The quantitative estimate of drug-likeness (QED) is 0.859. The summed E-state index contributed by atoms with van der Waals surface area (Å²) in [4.78, 5) is 0. The lowest BCUT2D eigenvalue weighted by Gasteiger charge is -2.26. The summed E-state index contributed by atoms with van der Waals surface area (Å²) in [7, 11) is 0. The fraction of sp³-hybridized carbons (Fsp3) is 0.417. The highest BCUT2D eigenvalue weighted by molar-refractivity contribution is 7.09. The third-order valence-electron chi connectivity index (χ3n) is 3.19. The first-order valence-electron chi connectivity index (χ1n) is 5.72. The van der Waals surface area contributed by atoms with Crippen LogP contribution in [0.2, 0.25) is 0 Å². The standard InChI is InChI=1S/C12H15N3OS/c1-7-10(8(2)16-15-7)3-9-4-13-11-5-17-6-12(11)14-9/h5-6,9,13-14H,3-4H2,1-2H3. The van der Waals surface area contributed by atoms with Crippen LogP contribution >= 0.6 is 11.3 Å². The Bertz CT molecular complexity index is 512. The van der Waals surface area contributed by atoms with Crippen LogP contribution in [0.15, 0.2) is 15.3 Å². The molecule has 0 spiro atoms. The van der Waals surface area contributed by atoms with Gasteiger partial charge in [-0.1, -0.05) is 5.16 Å². The number of nitrogens with one attached hydrogen (secondary N) is 2. The van der Waals surface area contributed by atoms with Gasteiger partial charge in [0.15, 0.2) is 0 Å². The summed E-state index contributed by atoms with van der Waals surface area (Å²) in [5.74, 6) is 0.931. The molecular weight excluding hydrogens is 234 g/mol. The Kier molecular flexibility index (Phi) is 2.55. The lowest BCUT2D eigenvalue weighted by atomic mass is 10.0. The molecule has 4 nitrogen and oxygen atoms in total. The van der Waals surface area contributed by atoms with E-state index in [1.54, 1.807) is 11.3 Å². The summed E-state index contributed by atoms with van der Waals surface area (Å²) in [5, 5.41) is 15.3. The van der Waals surface area contributed by atoms with Crippen LogP contribution in [0.1, 0.15) is 17.0 Å². The zero-order valence-corrected chi connectivity index (χ0v) is 10.7. The summed E-state index contributed by atoms with van der Waals surface area (Å²) >= 11 is 1.72. The fourth-order valence-corrected chi connectivity index (χ4v) is 2.96. The zero-order chi connectivity index (χ0) is 11.8. The van der Waals surface area contributed by atoms with Crippen LogP contribution in [0.5, 0.6) is 0 Å². The molecule has 0 radical (unpaired) electrons. The number of hydrogen-bond donors (Lipinski definition) is 2. The molecule has 2 aromatic rings. The monoisotopic (exact) mass is 249 g/mol. The van der Waals surface area contributed by atoms with Gasteiger partial charge in [0, 0.05) is 28.9 Å². The second kappa shape index (κ2) is 4.07. The highest BCUT2D eigenvalue weighted by atomic mass is 32.1. The summed E-state index contributed by atoms with van der Waals surface area (Å²) < 4.78 is 5.20. The van der Waals surface area contributed by atoms with E-state index in [0.717, 1.165) is 24.4 Å². The first-order valence-corrected chi connectivity index (χ1v) is 6.66. The SMILES string of the molecule is Cc1noc(C)c1CC1CNc2cscc2N1. The first-order chi connectivity index (χ1) is 8.24. The van der Waals surface area contributed by atoms with Crippen molar-refractivity contribution >= 4 is 22.7 Å². The smallest absolute Gasteiger partial charge is 0.137 e. The number of aromatic nitrogens is 1. The van der Waals surface area contributed by atoms with E-state index in [9.17, 15) is 0 Å². The van der Waals surface area contributed by atoms with Crippen molar-refractivity contribution < 1.29 is 4.52 Å². The second-order valence-corrected chi connectivity index (χ2v) is 5.17. The minimum Gasteiger partial charge on any atom is -0.381 e. The van der Waals surface area contributed by atoms with Crippen LogP contribution < -0.4 is 10.6 Å². The number of thiophene rings is 1. The Hall–Kier alpha value is -1.49. The van der Waals surface area contributed by atoms with Gasteiger partial charge >= 0.3 is 0 Å².